The Balaban J connectivity index is 1.82. The number of rotatable bonds is 3. The maximum absolute atomic E-state index is 12.3. The van der Waals surface area contributed by atoms with Gasteiger partial charge in [-0.2, -0.15) is 0 Å². The number of hydrogen-bond acceptors (Lipinski definition) is 3. The van der Waals surface area contributed by atoms with Crippen molar-refractivity contribution in [3.63, 3.8) is 0 Å². The van der Waals surface area contributed by atoms with Gasteiger partial charge in [0.25, 0.3) is 0 Å². The summed E-state index contributed by atoms with van der Waals surface area (Å²) in [5.41, 5.74) is 0.0603. The number of carbonyl (C=O) groups is 1. The minimum atomic E-state index is -0.858. The molecule has 0 spiro atoms. The van der Waals surface area contributed by atoms with Crippen LogP contribution in [0.2, 0.25) is 10.0 Å². The Morgan fingerprint density at radius 1 is 1.12 bits per heavy atom. The van der Waals surface area contributed by atoms with Gasteiger partial charge in [0, 0.05) is 15.8 Å². The number of halogens is 2. The Kier molecular flexibility index (Phi) is 6.59. The Morgan fingerprint density at radius 2 is 1.76 bits per heavy atom. The first-order chi connectivity index (χ1) is 12.0. The maximum atomic E-state index is 12.3. The van der Waals surface area contributed by atoms with Gasteiger partial charge in [-0.1, -0.05) is 67.8 Å². The van der Waals surface area contributed by atoms with E-state index in [-0.39, 0.29) is 11.3 Å². The highest BCUT2D eigenvalue weighted by molar-refractivity contribution is 7.99. The number of nitrogens with one attached hydrogen (secondary N) is 1. The molecule has 1 aromatic carbocycles. The fourth-order valence-electron chi connectivity index (χ4n) is 4.07. The lowest BCUT2D eigenvalue weighted by molar-refractivity contribution is -0.146. The molecular formula is C19H25Cl2NO2S. The van der Waals surface area contributed by atoms with Gasteiger partial charge in [0.1, 0.15) is 5.54 Å². The van der Waals surface area contributed by atoms with Gasteiger partial charge >= 0.3 is 5.97 Å². The molecule has 138 valence electrons. The van der Waals surface area contributed by atoms with Crippen LogP contribution in [0.5, 0.6) is 0 Å². The molecule has 1 saturated carbocycles. The largest absolute Gasteiger partial charge is 0.480 e. The van der Waals surface area contributed by atoms with Crippen LogP contribution in [0.3, 0.4) is 0 Å². The lowest BCUT2D eigenvalue weighted by Gasteiger charge is -2.34. The highest BCUT2D eigenvalue weighted by Crippen LogP contribution is 2.46. The van der Waals surface area contributed by atoms with Gasteiger partial charge in [-0.3, -0.25) is 10.1 Å². The van der Waals surface area contributed by atoms with Gasteiger partial charge in [0.2, 0.25) is 0 Å². The first-order valence-electron chi connectivity index (χ1n) is 9.10. The summed E-state index contributed by atoms with van der Waals surface area (Å²) in [5.74, 6) is 0.0277. The summed E-state index contributed by atoms with van der Waals surface area (Å²) < 4.78 is 0. The predicted octanol–water partition coefficient (Wildman–Crippen LogP) is 5.90. The molecule has 1 heterocycles. The smallest absolute Gasteiger partial charge is 0.325 e. The third-order valence-corrected chi connectivity index (χ3v) is 7.43. The second-order valence-corrected chi connectivity index (χ2v) is 9.11. The van der Waals surface area contributed by atoms with Crippen molar-refractivity contribution in [3.8, 4) is 0 Å². The Labute approximate surface area is 163 Å². The summed E-state index contributed by atoms with van der Waals surface area (Å²) in [5, 5.41) is 14.6. The normalized spacial score (nSPS) is 29.0. The van der Waals surface area contributed by atoms with Crippen LogP contribution in [-0.4, -0.2) is 22.4 Å². The van der Waals surface area contributed by atoms with E-state index in [1.165, 1.54) is 25.7 Å². The molecule has 3 nitrogen and oxygen atoms in total. The molecular weight excluding hydrogens is 377 g/mol. The van der Waals surface area contributed by atoms with Gasteiger partial charge in [0.05, 0.1) is 5.37 Å². The standard InChI is InChI=1S/C19H25Cl2NO2S/c20-14-9-10-15(16(21)11-14)17-22-19(12-25-17,18(23)24)13-7-5-3-1-2-4-6-8-13/h9-11,13,17,22H,1-8,12H2,(H,23,24). The number of benzene rings is 1. The monoisotopic (exact) mass is 401 g/mol. The highest BCUT2D eigenvalue weighted by Gasteiger charge is 2.51. The molecule has 6 heteroatoms. The van der Waals surface area contributed by atoms with Crippen LogP contribution in [0.25, 0.3) is 0 Å². The van der Waals surface area contributed by atoms with E-state index >= 15 is 0 Å². The first-order valence-corrected chi connectivity index (χ1v) is 10.9. The van der Waals surface area contributed by atoms with Crippen LogP contribution in [0.4, 0.5) is 0 Å². The van der Waals surface area contributed by atoms with Gasteiger partial charge < -0.3 is 5.11 Å². The molecule has 2 aliphatic rings. The molecule has 25 heavy (non-hydrogen) atoms. The maximum Gasteiger partial charge on any atom is 0.325 e. The van der Waals surface area contributed by atoms with Crippen LogP contribution in [0, 0.1) is 5.92 Å². The van der Waals surface area contributed by atoms with E-state index in [0.717, 1.165) is 31.2 Å². The fraction of sp³-hybridized carbons (Fsp3) is 0.632. The van der Waals surface area contributed by atoms with Crippen molar-refractivity contribution in [2.75, 3.05) is 5.75 Å². The number of carboxylic acid groups (broad SMARTS) is 1. The van der Waals surface area contributed by atoms with Gasteiger partial charge in [-0.15, -0.1) is 11.8 Å². The summed E-state index contributed by atoms with van der Waals surface area (Å²) in [4.78, 5) is 12.3. The molecule has 0 amide bonds. The molecule has 2 atom stereocenters. The van der Waals surface area contributed by atoms with Crippen molar-refractivity contribution in [1.82, 2.24) is 5.32 Å². The quantitative estimate of drug-likeness (QED) is 0.661. The topological polar surface area (TPSA) is 49.3 Å². The number of hydrogen-bond donors (Lipinski definition) is 2. The van der Waals surface area contributed by atoms with Crippen LogP contribution in [0.15, 0.2) is 18.2 Å². The van der Waals surface area contributed by atoms with E-state index < -0.39 is 11.5 Å². The summed E-state index contributed by atoms with van der Waals surface area (Å²) in [6.45, 7) is 0. The van der Waals surface area contributed by atoms with Gasteiger partial charge in [-0.05, 0) is 36.5 Å². The molecule has 2 N–H and O–H groups in total. The zero-order valence-electron chi connectivity index (χ0n) is 14.3. The van der Waals surface area contributed by atoms with Crippen molar-refractivity contribution in [2.45, 2.75) is 62.3 Å². The van der Waals surface area contributed by atoms with Crippen LogP contribution < -0.4 is 5.32 Å². The van der Waals surface area contributed by atoms with Crippen molar-refractivity contribution < 1.29 is 9.90 Å². The predicted molar refractivity (Wildman–Crippen MR) is 106 cm³/mol. The number of carboxylic acids is 1. The van der Waals surface area contributed by atoms with E-state index in [4.69, 9.17) is 23.2 Å². The molecule has 1 aliphatic heterocycles. The van der Waals surface area contributed by atoms with Crippen molar-refractivity contribution >= 4 is 40.9 Å². The molecule has 0 bridgehead atoms. The molecule has 2 fully saturated rings. The van der Waals surface area contributed by atoms with E-state index in [9.17, 15) is 9.90 Å². The van der Waals surface area contributed by atoms with E-state index in [1.54, 1.807) is 17.8 Å². The lowest BCUT2D eigenvalue weighted by Crippen LogP contribution is -2.56. The molecule has 2 unspecified atom stereocenters. The van der Waals surface area contributed by atoms with Crippen molar-refractivity contribution in [2.24, 2.45) is 5.92 Å². The average molecular weight is 402 g/mol. The molecule has 1 aromatic rings. The summed E-state index contributed by atoms with van der Waals surface area (Å²) in [6, 6.07) is 5.43. The number of thioether (sulfide) groups is 1. The zero-order valence-corrected chi connectivity index (χ0v) is 16.6. The fourth-order valence-corrected chi connectivity index (χ4v) is 6.21. The van der Waals surface area contributed by atoms with Crippen molar-refractivity contribution in [3.05, 3.63) is 33.8 Å². The van der Waals surface area contributed by atoms with Crippen molar-refractivity contribution in [1.29, 1.82) is 0 Å². The third-order valence-electron chi connectivity index (χ3n) is 5.55. The Morgan fingerprint density at radius 3 is 2.36 bits per heavy atom. The van der Waals surface area contributed by atoms with E-state index in [1.807, 2.05) is 12.1 Å². The molecule has 3 rings (SSSR count). The third kappa shape index (κ3) is 4.29. The van der Waals surface area contributed by atoms with E-state index in [0.29, 0.717) is 15.8 Å². The molecule has 0 aromatic heterocycles. The minimum Gasteiger partial charge on any atom is -0.480 e. The molecule has 1 aliphatic carbocycles. The van der Waals surface area contributed by atoms with Crippen LogP contribution in [-0.2, 0) is 4.79 Å². The van der Waals surface area contributed by atoms with Crippen LogP contribution in [0.1, 0.15) is 62.3 Å². The second-order valence-electron chi connectivity index (χ2n) is 7.17. The van der Waals surface area contributed by atoms with E-state index in [2.05, 4.69) is 5.32 Å². The first kappa shape index (κ1) is 19.3. The van der Waals surface area contributed by atoms with Crippen LogP contribution >= 0.6 is 35.0 Å². The van der Waals surface area contributed by atoms with Gasteiger partial charge in [-0.25, -0.2) is 0 Å². The minimum absolute atomic E-state index is 0.103. The molecule has 0 radical (unpaired) electrons. The number of aliphatic carboxylic acids is 1. The van der Waals surface area contributed by atoms with Gasteiger partial charge in [0.15, 0.2) is 0 Å². The highest BCUT2D eigenvalue weighted by atomic mass is 35.5. The SMILES string of the molecule is O=C(O)C1(C2CCCCCCCC2)CSC(c2ccc(Cl)cc2Cl)N1. The summed E-state index contributed by atoms with van der Waals surface area (Å²) in [6.07, 6.45) is 9.20. The summed E-state index contributed by atoms with van der Waals surface area (Å²) >= 11 is 14.0. The Hall–Kier alpha value is -0.420. The summed E-state index contributed by atoms with van der Waals surface area (Å²) in [7, 11) is 0. The second kappa shape index (κ2) is 8.51. The Bertz CT molecular complexity index is 617. The molecule has 1 saturated heterocycles. The lowest BCUT2D eigenvalue weighted by atomic mass is 9.79. The average Bonchev–Trinajstić information content (AvgIpc) is 3.05. The zero-order chi connectivity index (χ0) is 17.9.